The number of aryl methyl sites for hydroxylation is 2. The van der Waals surface area contributed by atoms with Gasteiger partial charge in [0, 0.05) is 10.9 Å². The summed E-state index contributed by atoms with van der Waals surface area (Å²) in [6.07, 6.45) is 3.09. The summed E-state index contributed by atoms with van der Waals surface area (Å²) >= 11 is 0. The van der Waals surface area contributed by atoms with Crippen LogP contribution in [0.1, 0.15) is 40.6 Å². The van der Waals surface area contributed by atoms with E-state index in [1.54, 1.807) is 25.1 Å². The highest BCUT2D eigenvalue weighted by Gasteiger charge is 2.51. The lowest BCUT2D eigenvalue weighted by atomic mass is 9.98. The highest BCUT2D eigenvalue weighted by atomic mass is 16.3. The first-order valence-corrected chi connectivity index (χ1v) is 9.74. The number of hydrogen-bond donors (Lipinski definition) is 1. The summed E-state index contributed by atoms with van der Waals surface area (Å²) in [5.74, 6) is -0.391. The van der Waals surface area contributed by atoms with Gasteiger partial charge >= 0.3 is 6.03 Å². The number of furan rings is 1. The Morgan fingerprint density at radius 1 is 1.10 bits per heavy atom. The zero-order chi connectivity index (χ0) is 20.2. The topological polar surface area (TPSA) is 79.6 Å². The van der Waals surface area contributed by atoms with Crippen LogP contribution < -0.4 is 5.32 Å². The van der Waals surface area contributed by atoms with E-state index in [4.69, 9.17) is 4.42 Å². The van der Waals surface area contributed by atoms with Crippen molar-refractivity contribution in [2.75, 3.05) is 6.54 Å². The SMILES string of the molecule is C[C@]1(c2cc3ccccc3o2)NC(=O)N(CC(=O)c2ccc3c(c2)CCC3)C1=O. The molecule has 1 aromatic heterocycles. The van der Waals surface area contributed by atoms with Crippen LogP contribution in [0.2, 0.25) is 0 Å². The number of para-hydroxylation sites is 1. The first-order chi connectivity index (χ1) is 14.0. The van der Waals surface area contributed by atoms with Crippen molar-refractivity contribution in [3.8, 4) is 0 Å². The van der Waals surface area contributed by atoms with E-state index in [9.17, 15) is 14.4 Å². The van der Waals surface area contributed by atoms with E-state index in [2.05, 4.69) is 5.32 Å². The lowest BCUT2D eigenvalue weighted by molar-refractivity contribution is -0.131. The van der Waals surface area contributed by atoms with Crippen molar-refractivity contribution in [3.05, 3.63) is 71.0 Å². The normalized spacial score (nSPS) is 20.9. The second-order valence-electron chi connectivity index (χ2n) is 7.86. The van der Waals surface area contributed by atoms with Crippen LogP contribution in [0.5, 0.6) is 0 Å². The Kier molecular flexibility index (Phi) is 3.84. The molecule has 1 aliphatic carbocycles. The van der Waals surface area contributed by atoms with Crippen molar-refractivity contribution >= 4 is 28.7 Å². The highest BCUT2D eigenvalue weighted by molar-refractivity contribution is 6.11. The predicted molar refractivity (Wildman–Crippen MR) is 107 cm³/mol. The van der Waals surface area contributed by atoms with E-state index in [0.717, 1.165) is 29.5 Å². The van der Waals surface area contributed by atoms with Gasteiger partial charge in [0.2, 0.25) is 0 Å². The number of nitrogens with zero attached hydrogens (tertiary/aromatic N) is 1. The Labute approximate surface area is 167 Å². The third kappa shape index (κ3) is 2.75. The Hall–Kier alpha value is -3.41. The van der Waals surface area contributed by atoms with Gasteiger partial charge in [-0.3, -0.25) is 14.5 Å². The molecule has 1 saturated heterocycles. The molecule has 0 unspecified atom stereocenters. The molecule has 3 amide bonds. The number of Topliss-reactive ketones (excluding diaryl/α,β-unsaturated/α-hetero) is 1. The second kappa shape index (κ2) is 6.30. The van der Waals surface area contributed by atoms with Gasteiger partial charge in [0.25, 0.3) is 5.91 Å². The van der Waals surface area contributed by atoms with Gasteiger partial charge in [-0.15, -0.1) is 0 Å². The standard InChI is InChI=1S/C23H20N2O4/c1-23(20-12-17-5-2-3-8-19(17)29-20)21(27)25(22(28)24-23)13-18(26)16-10-9-14-6-4-7-15(14)11-16/h2-3,5,8-12H,4,6-7,13H2,1H3,(H,24,28)/t23-/m1/s1. The van der Waals surface area contributed by atoms with Gasteiger partial charge in [-0.2, -0.15) is 0 Å². The summed E-state index contributed by atoms with van der Waals surface area (Å²) in [4.78, 5) is 39.4. The van der Waals surface area contributed by atoms with E-state index in [1.807, 2.05) is 30.3 Å². The van der Waals surface area contributed by atoms with Gasteiger partial charge in [0.1, 0.15) is 11.3 Å². The minimum atomic E-state index is -1.34. The summed E-state index contributed by atoms with van der Waals surface area (Å²) in [5.41, 5.74) is 2.28. The number of imide groups is 1. The quantitative estimate of drug-likeness (QED) is 0.547. The average Bonchev–Trinajstić information content (AvgIpc) is 3.41. The summed E-state index contributed by atoms with van der Waals surface area (Å²) in [5, 5.41) is 3.54. The molecule has 0 spiro atoms. The maximum absolute atomic E-state index is 13.1. The van der Waals surface area contributed by atoms with Gasteiger partial charge in [-0.1, -0.05) is 30.3 Å². The zero-order valence-corrected chi connectivity index (χ0v) is 16.0. The number of amides is 3. The Morgan fingerprint density at radius 3 is 2.72 bits per heavy atom. The van der Waals surface area contributed by atoms with Gasteiger partial charge in [0.05, 0.1) is 6.54 Å². The number of carbonyl (C=O) groups excluding carboxylic acids is 3. The smallest absolute Gasteiger partial charge is 0.325 e. The largest absolute Gasteiger partial charge is 0.458 e. The minimum absolute atomic E-state index is 0.253. The lowest BCUT2D eigenvalue weighted by Gasteiger charge is -2.18. The van der Waals surface area contributed by atoms with Crippen LogP contribution in [-0.2, 0) is 23.2 Å². The maximum atomic E-state index is 13.1. The van der Waals surface area contributed by atoms with Gasteiger partial charge in [-0.05, 0) is 55.5 Å². The van der Waals surface area contributed by atoms with Crippen LogP contribution in [-0.4, -0.2) is 29.2 Å². The average molecular weight is 388 g/mol. The monoisotopic (exact) mass is 388 g/mol. The summed E-state index contributed by atoms with van der Waals surface area (Å²) < 4.78 is 5.81. The summed E-state index contributed by atoms with van der Waals surface area (Å²) in [6.45, 7) is 1.31. The fourth-order valence-corrected chi connectivity index (χ4v) is 4.22. The molecule has 29 heavy (non-hydrogen) atoms. The number of carbonyl (C=O) groups is 3. The molecular weight excluding hydrogens is 368 g/mol. The Bertz CT molecular complexity index is 1150. The number of fused-ring (bicyclic) bond motifs is 2. The van der Waals surface area contributed by atoms with E-state index in [0.29, 0.717) is 16.9 Å². The highest BCUT2D eigenvalue weighted by Crippen LogP contribution is 2.33. The molecule has 1 fully saturated rings. The number of benzene rings is 2. The second-order valence-corrected chi connectivity index (χ2v) is 7.86. The molecule has 146 valence electrons. The number of ketones is 1. The predicted octanol–water partition coefficient (Wildman–Crippen LogP) is 3.57. The van der Waals surface area contributed by atoms with Gasteiger partial charge in [0.15, 0.2) is 11.3 Å². The number of rotatable bonds is 4. The third-order valence-electron chi connectivity index (χ3n) is 5.92. The first-order valence-electron chi connectivity index (χ1n) is 9.74. The van der Waals surface area contributed by atoms with Crippen molar-refractivity contribution in [2.24, 2.45) is 0 Å². The molecule has 2 aliphatic rings. The molecule has 6 heteroatoms. The van der Waals surface area contributed by atoms with Crippen LogP contribution >= 0.6 is 0 Å². The number of hydrogen-bond acceptors (Lipinski definition) is 4. The molecular formula is C23H20N2O4. The molecule has 5 rings (SSSR count). The lowest BCUT2D eigenvalue weighted by Crippen LogP contribution is -2.41. The molecule has 2 heterocycles. The molecule has 1 N–H and O–H groups in total. The van der Waals surface area contributed by atoms with E-state index < -0.39 is 17.5 Å². The Morgan fingerprint density at radius 2 is 1.90 bits per heavy atom. The molecule has 0 bridgehead atoms. The zero-order valence-electron chi connectivity index (χ0n) is 16.0. The van der Waals surface area contributed by atoms with Gasteiger partial charge < -0.3 is 9.73 Å². The molecule has 3 aromatic rings. The van der Waals surface area contributed by atoms with Crippen LogP contribution in [0.3, 0.4) is 0 Å². The minimum Gasteiger partial charge on any atom is -0.458 e. The Balaban J connectivity index is 1.41. The molecule has 1 atom stereocenters. The number of nitrogens with one attached hydrogen (secondary N) is 1. The summed E-state index contributed by atoms with van der Waals surface area (Å²) in [6, 6.07) is 14.2. The van der Waals surface area contributed by atoms with Crippen molar-refractivity contribution in [3.63, 3.8) is 0 Å². The van der Waals surface area contributed by atoms with E-state index in [-0.39, 0.29) is 12.3 Å². The molecule has 0 saturated carbocycles. The maximum Gasteiger partial charge on any atom is 0.325 e. The van der Waals surface area contributed by atoms with Crippen LogP contribution in [0.25, 0.3) is 11.0 Å². The van der Waals surface area contributed by atoms with Crippen LogP contribution in [0, 0.1) is 0 Å². The van der Waals surface area contributed by atoms with Crippen molar-refractivity contribution in [1.82, 2.24) is 10.2 Å². The fraction of sp³-hybridized carbons (Fsp3) is 0.261. The van der Waals surface area contributed by atoms with Crippen LogP contribution in [0.4, 0.5) is 4.79 Å². The third-order valence-corrected chi connectivity index (χ3v) is 5.92. The van der Waals surface area contributed by atoms with Crippen molar-refractivity contribution < 1.29 is 18.8 Å². The molecule has 6 nitrogen and oxygen atoms in total. The number of urea groups is 1. The van der Waals surface area contributed by atoms with Crippen LogP contribution in [0.15, 0.2) is 52.9 Å². The molecule has 2 aromatic carbocycles. The van der Waals surface area contributed by atoms with E-state index in [1.165, 1.54) is 11.1 Å². The van der Waals surface area contributed by atoms with E-state index >= 15 is 0 Å². The van der Waals surface area contributed by atoms with Gasteiger partial charge in [-0.25, -0.2) is 4.79 Å². The van der Waals surface area contributed by atoms with Crippen molar-refractivity contribution in [1.29, 1.82) is 0 Å². The van der Waals surface area contributed by atoms with Crippen molar-refractivity contribution in [2.45, 2.75) is 31.7 Å². The fourth-order valence-electron chi connectivity index (χ4n) is 4.22. The first kappa shape index (κ1) is 17.7. The summed E-state index contributed by atoms with van der Waals surface area (Å²) in [7, 11) is 0. The molecule has 1 aliphatic heterocycles. The molecule has 0 radical (unpaired) electrons.